The Bertz CT molecular complexity index is 1070. The van der Waals surface area contributed by atoms with Crippen LogP contribution < -0.4 is 4.74 Å². The summed E-state index contributed by atoms with van der Waals surface area (Å²) in [5.41, 5.74) is 4.47. The molecular formula is C24H23ClN2O. The molecule has 0 spiro atoms. The predicted molar refractivity (Wildman–Crippen MR) is 116 cm³/mol. The molecule has 0 saturated heterocycles. The average Bonchev–Trinajstić information content (AvgIpc) is 3.10. The predicted octanol–water partition coefficient (Wildman–Crippen LogP) is 6.39. The van der Waals surface area contributed by atoms with Crippen LogP contribution >= 0.6 is 11.6 Å². The second-order valence-corrected chi connectivity index (χ2v) is 7.22. The molecule has 0 radical (unpaired) electrons. The Balaban J connectivity index is 1.51. The quantitative estimate of drug-likeness (QED) is 0.342. The molecule has 142 valence electrons. The molecule has 0 saturated carbocycles. The standard InChI is InChI=1S/C24H23ClN2O/c1-2-18-11-13-21(14-12-18)28-16-6-15-27-23-10-4-3-9-22(23)26-24(27)19-7-5-8-20(25)17-19/h3-5,7-14,17H,2,6,15-16H2,1H3. The van der Waals surface area contributed by atoms with E-state index in [4.69, 9.17) is 21.3 Å². The van der Waals surface area contributed by atoms with Gasteiger partial charge in [0.25, 0.3) is 0 Å². The van der Waals surface area contributed by atoms with E-state index in [1.54, 1.807) is 0 Å². The molecule has 4 aromatic rings. The van der Waals surface area contributed by atoms with Crippen LogP contribution in [0, 0.1) is 0 Å². The molecule has 0 amide bonds. The normalized spacial score (nSPS) is 11.1. The maximum atomic E-state index is 6.20. The van der Waals surface area contributed by atoms with Crippen molar-refractivity contribution in [1.82, 2.24) is 9.55 Å². The zero-order valence-electron chi connectivity index (χ0n) is 15.9. The molecule has 0 fully saturated rings. The molecule has 4 heteroatoms. The fraction of sp³-hybridized carbons (Fsp3) is 0.208. The number of imidazole rings is 1. The molecule has 0 atom stereocenters. The summed E-state index contributed by atoms with van der Waals surface area (Å²) in [5, 5.41) is 0.718. The van der Waals surface area contributed by atoms with Crippen molar-refractivity contribution in [1.29, 1.82) is 0 Å². The van der Waals surface area contributed by atoms with Gasteiger partial charge in [-0.1, -0.05) is 54.9 Å². The van der Waals surface area contributed by atoms with Gasteiger partial charge in [-0.2, -0.15) is 0 Å². The van der Waals surface area contributed by atoms with Crippen molar-refractivity contribution in [3.8, 4) is 17.1 Å². The molecule has 0 aliphatic heterocycles. The lowest BCUT2D eigenvalue weighted by molar-refractivity contribution is 0.303. The van der Waals surface area contributed by atoms with Crippen molar-refractivity contribution in [2.24, 2.45) is 0 Å². The highest BCUT2D eigenvalue weighted by molar-refractivity contribution is 6.30. The number of halogens is 1. The molecule has 0 aliphatic carbocycles. The van der Waals surface area contributed by atoms with Gasteiger partial charge in [-0.05, 0) is 54.8 Å². The van der Waals surface area contributed by atoms with E-state index < -0.39 is 0 Å². The Kier molecular flexibility index (Phi) is 5.63. The van der Waals surface area contributed by atoms with Gasteiger partial charge in [0, 0.05) is 17.1 Å². The van der Waals surface area contributed by atoms with E-state index in [0.717, 1.165) is 52.6 Å². The lowest BCUT2D eigenvalue weighted by Crippen LogP contribution is -2.06. The van der Waals surface area contributed by atoms with Crippen molar-refractivity contribution in [2.45, 2.75) is 26.3 Å². The van der Waals surface area contributed by atoms with Crippen molar-refractivity contribution >= 4 is 22.6 Å². The molecule has 3 aromatic carbocycles. The van der Waals surface area contributed by atoms with Crippen LogP contribution in [0.25, 0.3) is 22.4 Å². The van der Waals surface area contributed by atoms with Crippen LogP contribution in [0.2, 0.25) is 5.02 Å². The minimum absolute atomic E-state index is 0.660. The number of hydrogen-bond donors (Lipinski definition) is 0. The van der Waals surface area contributed by atoms with Crippen LogP contribution in [0.15, 0.2) is 72.8 Å². The van der Waals surface area contributed by atoms with Gasteiger partial charge in [0.05, 0.1) is 17.6 Å². The van der Waals surface area contributed by atoms with Crippen molar-refractivity contribution in [3.05, 3.63) is 83.4 Å². The van der Waals surface area contributed by atoms with Gasteiger partial charge >= 0.3 is 0 Å². The van der Waals surface area contributed by atoms with E-state index >= 15 is 0 Å². The second kappa shape index (κ2) is 8.49. The zero-order chi connectivity index (χ0) is 19.3. The summed E-state index contributed by atoms with van der Waals surface area (Å²) in [6.07, 6.45) is 1.93. The van der Waals surface area contributed by atoms with Gasteiger partial charge < -0.3 is 9.30 Å². The smallest absolute Gasteiger partial charge is 0.141 e. The number of hydrogen-bond acceptors (Lipinski definition) is 2. The second-order valence-electron chi connectivity index (χ2n) is 6.79. The molecule has 1 aromatic heterocycles. The molecular weight excluding hydrogens is 368 g/mol. The maximum Gasteiger partial charge on any atom is 0.141 e. The Labute approximate surface area is 170 Å². The number of aromatic nitrogens is 2. The number of aryl methyl sites for hydroxylation is 2. The Morgan fingerprint density at radius 2 is 1.79 bits per heavy atom. The van der Waals surface area contributed by atoms with E-state index in [2.05, 4.69) is 35.8 Å². The minimum Gasteiger partial charge on any atom is -0.494 e. The Hall–Kier alpha value is -2.78. The van der Waals surface area contributed by atoms with Crippen LogP contribution in [-0.2, 0) is 13.0 Å². The molecule has 3 nitrogen and oxygen atoms in total. The summed E-state index contributed by atoms with van der Waals surface area (Å²) in [6.45, 7) is 3.64. The maximum absolute atomic E-state index is 6.20. The molecule has 0 unspecified atom stereocenters. The van der Waals surface area contributed by atoms with Gasteiger partial charge in [0.1, 0.15) is 11.6 Å². The van der Waals surface area contributed by atoms with Gasteiger partial charge in [-0.3, -0.25) is 0 Å². The molecule has 0 aliphatic rings. The van der Waals surface area contributed by atoms with E-state index in [1.807, 2.05) is 48.5 Å². The lowest BCUT2D eigenvalue weighted by atomic mass is 10.2. The first-order chi connectivity index (χ1) is 13.7. The first-order valence-corrected chi connectivity index (χ1v) is 10.1. The van der Waals surface area contributed by atoms with Crippen molar-refractivity contribution in [3.63, 3.8) is 0 Å². The fourth-order valence-corrected chi connectivity index (χ4v) is 3.57. The average molecular weight is 391 g/mol. The first-order valence-electron chi connectivity index (χ1n) is 9.67. The van der Waals surface area contributed by atoms with E-state index in [0.29, 0.717) is 6.61 Å². The first kappa shape index (κ1) is 18.6. The highest BCUT2D eigenvalue weighted by Crippen LogP contribution is 2.27. The van der Waals surface area contributed by atoms with Crippen molar-refractivity contribution < 1.29 is 4.74 Å². The van der Waals surface area contributed by atoms with E-state index in [9.17, 15) is 0 Å². The summed E-state index contributed by atoms with van der Waals surface area (Å²) >= 11 is 6.20. The number of benzene rings is 3. The summed E-state index contributed by atoms with van der Waals surface area (Å²) in [5.74, 6) is 1.86. The molecule has 28 heavy (non-hydrogen) atoms. The van der Waals surface area contributed by atoms with E-state index in [1.165, 1.54) is 5.56 Å². The third-order valence-electron chi connectivity index (χ3n) is 4.86. The number of ether oxygens (including phenoxy) is 1. The third kappa shape index (κ3) is 4.05. The molecule has 4 rings (SSSR count). The Morgan fingerprint density at radius 3 is 2.57 bits per heavy atom. The van der Waals surface area contributed by atoms with Crippen LogP contribution in [0.1, 0.15) is 18.9 Å². The number of fused-ring (bicyclic) bond motifs is 1. The van der Waals surface area contributed by atoms with E-state index in [-0.39, 0.29) is 0 Å². The fourth-order valence-electron chi connectivity index (χ4n) is 3.38. The van der Waals surface area contributed by atoms with Crippen LogP contribution in [-0.4, -0.2) is 16.2 Å². The third-order valence-corrected chi connectivity index (χ3v) is 5.10. The molecule has 0 bridgehead atoms. The van der Waals surface area contributed by atoms with Crippen LogP contribution in [0.5, 0.6) is 5.75 Å². The monoisotopic (exact) mass is 390 g/mol. The molecule has 0 N–H and O–H groups in total. The van der Waals surface area contributed by atoms with Gasteiger partial charge in [0.15, 0.2) is 0 Å². The largest absolute Gasteiger partial charge is 0.494 e. The highest BCUT2D eigenvalue weighted by atomic mass is 35.5. The SMILES string of the molecule is CCc1ccc(OCCCn2c(-c3cccc(Cl)c3)nc3ccccc32)cc1. The molecule has 1 heterocycles. The Morgan fingerprint density at radius 1 is 0.964 bits per heavy atom. The van der Waals surface area contributed by atoms with Gasteiger partial charge in [-0.25, -0.2) is 4.98 Å². The summed E-state index contributed by atoms with van der Waals surface area (Å²) in [7, 11) is 0. The van der Waals surface area contributed by atoms with Gasteiger partial charge in [-0.15, -0.1) is 0 Å². The topological polar surface area (TPSA) is 27.1 Å². The number of nitrogens with zero attached hydrogens (tertiary/aromatic N) is 2. The summed E-state index contributed by atoms with van der Waals surface area (Å²) < 4.78 is 8.18. The van der Waals surface area contributed by atoms with Crippen molar-refractivity contribution in [2.75, 3.05) is 6.61 Å². The number of para-hydroxylation sites is 2. The summed E-state index contributed by atoms with van der Waals surface area (Å²) in [4.78, 5) is 4.84. The summed E-state index contributed by atoms with van der Waals surface area (Å²) in [6, 6.07) is 24.4. The van der Waals surface area contributed by atoms with Crippen LogP contribution in [0.4, 0.5) is 0 Å². The minimum atomic E-state index is 0.660. The lowest BCUT2D eigenvalue weighted by Gasteiger charge is -2.11. The zero-order valence-corrected chi connectivity index (χ0v) is 16.7. The van der Waals surface area contributed by atoms with Gasteiger partial charge in [0.2, 0.25) is 0 Å². The highest BCUT2D eigenvalue weighted by Gasteiger charge is 2.12. The number of rotatable bonds is 7. The van der Waals surface area contributed by atoms with Crippen LogP contribution in [0.3, 0.4) is 0 Å².